The second-order valence-corrected chi connectivity index (χ2v) is 4.94. The van der Waals surface area contributed by atoms with Gasteiger partial charge in [0.1, 0.15) is 0 Å². The lowest BCUT2D eigenvalue weighted by molar-refractivity contribution is -0.119. The Morgan fingerprint density at radius 2 is 1.90 bits per heavy atom. The summed E-state index contributed by atoms with van der Waals surface area (Å²) in [5, 5.41) is 6.96. The number of rotatable bonds is 4. The van der Waals surface area contributed by atoms with E-state index >= 15 is 0 Å². The van der Waals surface area contributed by atoms with E-state index in [1.807, 2.05) is 0 Å². The largest absolute Gasteiger partial charge is 0.368 e. The van der Waals surface area contributed by atoms with Crippen molar-refractivity contribution in [1.29, 1.82) is 0 Å². The van der Waals surface area contributed by atoms with Crippen LogP contribution in [-0.2, 0) is 4.79 Å². The molecule has 1 aromatic heterocycles. The van der Waals surface area contributed by atoms with Gasteiger partial charge in [0, 0.05) is 11.4 Å². The molecule has 2 aromatic rings. The van der Waals surface area contributed by atoms with Gasteiger partial charge in [-0.2, -0.15) is 5.10 Å². The van der Waals surface area contributed by atoms with Gasteiger partial charge in [0.15, 0.2) is 5.69 Å². The Morgan fingerprint density at radius 3 is 2.48 bits per heavy atom. The van der Waals surface area contributed by atoms with Gasteiger partial charge in [-0.15, -0.1) is 0 Å². The Morgan fingerprint density at radius 1 is 1.29 bits per heavy atom. The van der Waals surface area contributed by atoms with Crippen molar-refractivity contribution in [3.05, 3.63) is 40.3 Å². The number of amides is 2. The monoisotopic (exact) mass is 288 g/mol. The molecule has 0 fully saturated rings. The van der Waals surface area contributed by atoms with Gasteiger partial charge in [0.25, 0.3) is 11.5 Å². The number of benzene rings is 1. The highest BCUT2D eigenvalue weighted by molar-refractivity contribution is 6.05. The SMILES string of the molecule is CC(C)N(CC(N)=O)C(=O)c1n[nH]c(=O)c2ccccc12. The molecule has 0 aliphatic rings. The van der Waals surface area contributed by atoms with Crippen molar-refractivity contribution in [3.63, 3.8) is 0 Å². The third-order valence-corrected chi connectivity index (χ3v) is 3.11. The first-order chi connectivity index (χ1) is 9.91. The Hall–Kier alpha value is -2.70. The summed E-state index contributed by atoms with van der Waals surface area (Å²) < 4.78 is 0. The number of nitrogens with two attached hydrogens (primary N) is 1. The van der Waals surface area contributed by atoms with Gasteiger partial charge < -0.3 is 10.6 Å². The summed E-state index contributed by atoms with van der Waals surface area (Å²) in [6, 6.07) is 6.45. The number of H-pyrrole nitrogens is 1. The second-order valence-electron chi connectivity index (χ2n) is 4.94. The molecule has 0 bridgehead atoms. The summed E-state index contributed by atoms with van der Waals surface area (Å²) in [5.41, 5.74) is 4.90. The third-order valence-electron chi connectivity index (χ3n) is 3.11. The molecular formula is C14H16N4O3. The average molecular weight is 288 g/mol. The zero-order valence-electron chi connectivity index (χ0n) is 11.8. The maximum atomic E-state index is 12.6. The van der Waals surface area contributed by atoms with Gasteiger partial charge in [0.2, 0.25) is 5.91 Å². The van der Waals surface area contributed by atoms with Crippen molar-refractivity contribution in [3.8, 4) is 0 Å². The van der Waals surface area contributed by atoms with Crippen molar-refractivity contribution in [2.24, 2.45) is 5.73 Å². The number of fused-ring (bicyclic) bond motifs is 1. The van der Waals surface area contributed by atoms with E-state index in [2.05, 4.69) is 10.2 Å². The topological polar surface area (TPSA) is 109 Å². The molecule has 0 unspecified atom stereocenters. The van der Waals surface area contributed by atoms with Crippen LogP contribution in [0.4, 0.5) is 0 Å². The number of aromatic nitrogens is 2. The molecule has 0 saturated carbocycles. The van der Waals surface area contributed by atoms with Gasteiger partial charge in [-0.1, -0.05) is 18.2 Å². The Balaban J connectivity index is 2.55. The number of hydrogen-bond donors (Lipinski definition) is 2. The first kappa shape index (κ1) is 14.7. The fourth-order valence-corrected chi connectivity index (χ4v) is 2.07. The molecule has 0 aliphatic carbocycles. The predicted octanol–water partition coefficient (Wildman–Crippen LogP) is 0.259. The van der Waals surface area contributed by atoms with E-state index in [1.165, 1.54) is 4.90 Å². The van der Waals surface area contributed by atoms with E-state index in [4.69, 9.17) is 5.73 Å². The molecule has 0 aliphatic heterocycles. The molecule has 2 rings (SSSR count). The van der Waals surface area contributed by atoms with Crippen molar-refractivity contribution < 1.29 is 9.59 Å². The first-order valence-electron chi connectivity index (χ1n) is 6.48. The maximum Gasteiger partial charge on any atom is 0.275 e. The Bertz CT molecular complexity index is 751. The van der Waals surface area contributed by atoms with Gasteiger partial charge in [0.05, 0.1) is 11.9 Å². The molecule has 0 radical (unpaired) electrons. The van der Waals surface area contributed by atoms with E-state index in [1.54, 1.807) is 38.1 Å². The van der Waals surface area contributed by atoms with Crippen LogP contribution < -0.4 is 11.3 Å². The van der Waals surface area contributed by atoms with Gasteiger partial charge >= 0.3 is 0 Å². The van der Waals surface area contributed by atoms with E-state index in [-0.39, 0.29) is 23.8 Å². The average Bonchev–Trinajstić information content (AvgIpc) is 2.44. The standard InChI is InChI=1S/C14H16N4O3/c1-8(2)18(7-11(15)19)14(21)12-9-5-3-4-6-10(9)13(20)17-16-12/h3-6,8H,7H2,1-2H3,(H2,15,19)(H,17,20). The van der Waals surface area contributed by atoms with Gasteiger partial charge in [-0.25, -0.2) is 5.10 Å². The minimum Gasteiger partial charge on any atom is -0.368 e. The lowest BCUT2D eigenvalue weighted by Gasteiger charge is -2.25. The van der Waals surface area contributed by atoms with Crippen molar-refractivity contribution in [2.45, 2.75) is 19.9 Å². The number of nitrogens with one attached hydrogen (secondary N) is 1. The zero-order chi connectivity index (χ0) is 15.6. The highest BCUT2D eigenvalue weighted by atomic mass is 16.2. The molecule has 1 heterocycles. The smallest absolute Gasteiger partial charge is 0.275 e. The van der Waals surface area contributed by atoms with Crippen LogP contribution in [0.2, 0.25) is 0 Å². The minimum atomic E-state index is -0.606. The summed E-state index contributed by atoms with van der Waals surface area (Å²) in [6.45, 7) is 3.34. The number of nitrogens with zero attached hydrogens (tertiary/aromatic N) is 2. The molecule has 2 amide bonds. The predicted molar refractivity (Wildman–Crippen MR) is 77.7 cm³/mol. The number of carbonyl (C=O) groups is 2. The number of hydrogen-bond acceptors (Lipinski definition) is 4. The third kappa shape index (κ3) is 2.91. The summed E-state index contributed by atoms with van der Waals surface area (Å²) in [5.74, 6) is -1.05. The van der Waals surface area contributed by atoms with Crippen LogP contribution in [0.15, 0.2) is 29.1 Å². The number of primary amides is 1. The summed E-state index contributed by atoms with van der Waals surface area (Å²) in [6.07, 6.45) is 0. The van der Waals surface area contributed by atoms with Crippen LogP contribution >= 0.6 is 0 Å². The van der Waals surface area contributed by atoms with Crippen molar-refractivity contribution >= 4 is 22.6 Å². The molecule has 110 valence electrons. The fraction of sp³-hybridized carbons (Fsp3) is 0.286. The number of carbonyl (C=O) groups excluding carboxylic acids is 2. The summed E-state index contributed by atoms with van der Waals surface area (Å²) in [7, 11) is 0. The molecule has 0 spiro atoms. The zero-order valence-corrected chi connectivity index (χ0v) is 11.8. The highest BCUT2D eigenvalue weighted by Gasteiger charge is 2.24. The maximum absolute atomic E-state index is 12.6. The van der Waals surface area contributed by atoms with Crippen LogP contribution in [0.3, 0.4) is 0 Å². The highest BCUT2D eigenvalue weighted by Crippen LogP contribution is 2.15. The summed E-state index contributed by atoms with van der Waals surface area (Å²) >= 11 is 0. The summed E-state index contributed by atoms with van der Waals surface area (Å²) in [4.78, 5) is 36.7. The molecule has 21 heavy (non-hydrogen) atoms. The second kappa shape index (κ2) is 5.74. The Labute approximate surface area is 120 Å². The van der Waals surface area contributed by atoms with E-state index in [0.29, 0.717) is 10.8 Å². The first-order valence-corrected chi connectivity index (χ1v) is 6.48. The quantitative estimate of drug-likeness (QED) is 0.840. The molecule has 3 N–H and O–H groups in total. The molecule has 7 heteroatoms. The Kier molecular flexibility index (Phi) is 4.02. The van der Waals surface area contributed by atoms with Gasteiger partial charge in [-0.3, -0.25) is 14.4 Å². The molecule has 7 nitrogen and oxygen atoms in total. The van der Waals surface area contributed by atoms with Crippen molar-refractivity contribution in [1.82, 2.24) is 15.1 Å². The van der Waals surface area contributed by atoms with Gasteiger partial charge in [-0.05, 0) is 19.9 Å². The molecule has 1 aromatic carbocycles. The van der Waals surface area contributed by atoms with E-state index in [9.17, 15) is 14.4 Å². The molecule has 0 atom stereocenters. The van der Waals surface area contributed by atoms with E-state index < -0.39 is 11.8 Å². The lowest BCUT2D eigenvalue weighted by atomic mass is 10.1. The van der Waals surface area contributed by atoms with Crippen molar-refractivity contribution in [2.75, 3.05) is 6.54 Å². The lowest BCUT2D eigenvalue weighted by Crippen LogP contribution is -2.43. The minimum absolute atomic E-state index is 0.0974. The number of aromatic amines is 1. The fourth-order valence-electron chi connectivity index (χ4n) is 2.07. The molecular weight excluding hydrogens is 272 g/mol. The van der Waals surface area contributed by atoms with E-state index in [0.717, 1.165) is 0 Å². The normalized spacial score (nSPS) is 10.8. The van der Waals surface area contributed by atoms with Crippen LogP contribution in [0.25, 0.3) is 10.8 Å². The van der Waals surface area contributed by atoms with Crippen LogP contribution in [0.1, 0.15) is 24.3 Å². The van der Waals surface area contributed by atoms with Crippen LogP contribution in [0, 0.1) is 0 Å². The molecule has 0 saturated heterocycles. The van der Waals surface area contributed by atoms with Crippen LogP contribution in [-0.4, -0.2) is 39.5 Å². The van der Waals surface area contributed by atoms with Crippen LogP contribution in [0.5, 0.6) is 0 Å².